The Balaban J connectivity index is 1.68. The quantitative estimate of drug-likeness (QED) is 0.437. The summed E-state index contributed by atoms with van der Waals surface area (Å²) < 4.78 is 5.25. The summed E-state index contributed by atoms with van der Waals surface area (Å²) in [5.41, 5.74) is -0.757. The normalized spacial score (nSPS) is 14.9. The molecule has 9 nitrogen and oxygen atoms in total. The zero-order valence-corrected chi connectivity index (χ0v) is 13.1. The maximum atomic E-state index is 11.8. The van der Waals surface area contributed by atoms with Crippen molar-refractivity contribution in [3.63, 3.8) is 0 Å². The van der Waals surface area contributed by atoms with E-state index in [1.807, 2.05) is 9.80 Å². The number of rotatable bonds is 5. The highest BCUT2D eigenvalue weighted by Crippen LogP contribution is 2.25. The standard InChI is InChI=1S/C15H16N4O5/c1-2-24-15-12(13(20)14(15)21)18-7-5-17(6-8-18)11-4-3-10(9-16-11)19(22)23/h3-4,9H,2,5-8H2,1H3. The highest BCUT2D eigenvalue weighted by Gasteiger charge is 2.30. The van der Waals surface area contributed by atoms with Crippen molar-refractivity contribution in [2.24, 2.45) is 0 Å². The van der Waals surface area contributed by atoms with Gasteiger partial charge in [-0.15, -0.1) is 0 Å². The highest BCUT2D eigenvalue weighted by atomic mass is 16.6. The topological polar surface area (TPSA) is 106 Å². The minimum absolute atomic E-state index is 0.0533. The van der Waals surface area contributed by atoms with Gasteiger partial charge in [-0.1, -0.05) is 0 Å². The van der Waals surface area contributed by atoms with Crippen LogP contribution in [-0.4, -0.2) is 42.7 Å². The van der Waals surface area contributed by atoms with Gasteiger partial charge in [-0.2, -0.15) is 0 Å². The summed E-state index contributed by atoms with van der Waals surface area (Å²) in [6, 6.07) is 3.02. The van der Waals surface area contributed by atoms with Crippen molar-refractivity contribution in [1.82, 2.24) is 4.98 Å². The maximum Gasteiger partial charge on any atom is 0.287 e. The van der Waals surface area contributed by atoms with E-state index in [9.17, 15) is 19.7 Å². The number of nitro groups is 1. The molecule has 2 aromatic rings. The van der Waals surface area contributed by atoms with E-state index in [4.69, 9.17) is 4.74 Å². The molecule has 9 heteroatoms. The molecule has 0 atom stereocenters. The molecule has 0 unspecified atom stereocenters. The van der Waals surface area contributed by atoms with Gasteiger partial charge in [-0.25, -0.2) is 4.98 Å². The van der Waals surface area contributed by atoms with Crippen molar-refractivity contribution in [1.29, 1.82) is 0 Å². The number of ether oxygens (including phenoxy) is 1. The Morgan fingerprint density at radius 2 is 1.83 bits per heavy atom. The summed E-state index contributed by atoms with van der Waals surface area (Å²) in [6.07, 6.45) is 1.23. The van der Waals surface area contributed by atoms with E-state index in [2.05, 4.69) is 4.98 Å². The molecule has 1 fully saturated rings. The SMILES string of the molecule is CCOc1c(N2CCN(c3ccc([N+](=O)[O-])cn3)CC2)c(=O)c1=O. The van der Waals surface area contributed by atoms with Crippen LogP contribution < -0.4 is 25.4 Å². The van der Waals surface area contributed by atoms with E-state index < -0.39 is 15.8 Å². The van der Waals surface area contributed by atoms with Gasteiger partial charge in [-0.3, -0.25) is 19.7 Å². The molecular weight excluding hydrogens is 316 g/mol. The first-order valence-corrected chi connectivity index (χ1v) is 7.59. The third-order valence-corrected chi connectivity index (χ3v) is 3.99. The summed E-state index contributed by atoms with van der Waals surface area (Å²) in [6.45, 7) is 4.38. The van der Waals surface area contributed by atoms with Crippen molar-refractivity contribution >= 4 is 17.2 Å². The first-order valence-electron chi connectivity index (χ1n) is 7.59. The Kier molecular flexibility index (Phi) is 4.15. The van der Waals surface area contributed by atoms with Crippen LogP contribution in [0.3, 0.4) is 0 Å². The summed E-state index contributed by atoms with van der Waals surface area (Å²) >= 11 is 0. The average Bonchev–Trinajstić information content (AvgIpc) is 2.61. The molecule has 126 valence electrons. The second-order valence-corrected chi connectivity index (χ2v) is 5.37. The lowest BCUT2D eigenvalue weighted by Crippen LogP contribution is -2.51. The molecule has 1 aromatic heterocycles. The van der Waals surface area contributed by atoms with Crippen molar-refractivity contribution in [3.8, 4) is 5.75 Å². The molecule has 1 aliphatic rings. The first-order chi connectivity index (χ1) is 11.5. The van der Waals surface area contributed by atoms with Crippen LogP contribution in [0.25, 0.3) is 0 Å². The average molecular weight is 332 g/mol. The fourth-order valence-electron chi connectivity index (χ4n) is 2.76. The van der Waals surface area contributed by atoms with Gasteiger partial charge in [0.25, 0.3) is 16.5 Å². The van der Waals surface area contributed by atoms with E-state index in [1.54, 1.807) is 13.0 Å². The Morgan fingerprint density at radius 1 is 1.17 bits per heavy atom. The van der Waals surface area contributed by atoms with Gasteiger partial charge in [-0.05, 0) is 13.0 Å². The molecule has 0 radical (unpaired) electrons. The summed E-state index contributed by atoms with van der Waals surface area (Å²) in [5.74, 6) is 0.805. The second-order valence-electron chi connectivity index (χ2n) is 5.37. The molecule has 3 rings (SSSR count). The largest absolute Gasteiger partial charge is 0.488 e. The lowest BCUT2D eigenvalue weighted by Gasteiger charge is -2.37. The number of hydrogen-bond donors (Lipinski definition) is 0. The third kappa shape index (κ3) is 2.68. The fraction of sp³-hybridized carbons (Fsp3) is 0.400. The van der Waals surface area contributed by atoms with Gasteiger partial charge < -0.3 is 14.5 Å². The second kappa shape index (κ2) is 6.26. The predicted octanol–water partition coefficient (Wildman–Crippen LogP) is 0.311. The molecule has 0 aliphatic carbocycles. The number of hydrogen-bond acceptors (Lipinski definition) is 8. The molecule has 0 spiro atoms. The maximum absolute atomic E-state index is 11.8. The summed E-state index contributed by atoms with van der Waals surface area (Å²) in [4.78, 5) is 41.4. The van der Waals surface area contributed by atoms with Crippen LogP contribution in [0.4, 0.5) is 17.2 Å². The highest BCUT2D eigenvalue weighted by molar-refractivity contribution is 5.64. The van der Waals surface area contributed by atoms with Crippen LogP contribution in [0.1, 0.15) is 6.92 Å². The van der Waals surface area contributed by atoms with Crippen molar-refractivity contribution in [2.45, 2.75) is 6.92 Å². The van der Waals surface area contributed by atoms with E-state index in [1.165, 1.54) is 12.3 Å². The number of piperazine rings is 1. The molecule has 2 heterocycles. The van der Waals surface area contributed by atoms with Gasteiger partial charge in [0, 0.05) is 32.2 Å². The molecule has 0 N–H and O–H groups in total. The zero-order chi connectivity index (χ0) is 17.3. The molecular formula is C15H16N4O5. The van der Waals surface area contributed by atoms with Gasteiger partial charge in [0.15, 0.2) is 5.75 Å². The van der Waals surface area contributed by atoms with Gasteiger partial charge in [0.05, 0.1) is 11.5 Å². The Morgan fingerprint density at radius 3 is 2.38 bits per heavy atom. The molecule has 0 bridgehead atoms. The lowest BCUT2D eigenvalue weighted by atomic mass is 10.1. The van der Waals surface area contributed by atoms with E-state index in [-0.39, 0.29) is 11.4 Å². The molecule has 1 aliphatic heterocycles. The minimum Gasteiger partial charge on any atom is -0.488 e. The fourth-order valence-corrected chi connectivity index (χ4v) is 2.76. The zero-order valence-electron chi connectivity index (χ0n) is 13.1. The van der Waals surface area contributed by atoms with E-state index in [0.29, 0.717) is 44.3 Å². The van der Waals surface area contributed by atoms with Crippen LogP contribution in [0, 0.1) is 10.1 Å². The number of nitrogens with zero attached hydrogens (tertiary/aromatic N) is 4. The third-order valence-electron chi connectivity index (χ3n) is 3.99. The molecule has 1 aromatic carbocycles. The van der Waals surface area contributed by atoms with Crippen LogP contribution >= 0.6 is 0 Å². The van der Waals surface area contributed by atoms with Crippen LogP contribution in [0.15, 0.2) is 27.9 Å². The number of anilines is 2. The van der Waals surface area contributed by atoms with E-state index >= 15 is 0 Å². The van der Waals surface area contributed by atoms with Gasteiger partial charge in [0.1, 0.15) is 17.7 Å². The molecule has 0 saturated carbocycles. The Bertz CT molecular complexity index is 817. The molecule has 0 amide bonds. The van der Waals surface area contributed by atoms with Crippen LogP contribution in [0.5, 0.6) is 5.75 Å². The van der Waals surface area contributed by atoms with Gasteiger partial charge >= 0.3 is 0 Å². The van der Waals surface area contributed by atoms with Gasteiger partial charge in [0.2, 0.25) is 0 Å². The smallest absolute Gasteiger partial charge is 0.287 e. The predicted molar refractivity (Wildman–Crippen MR) is 87.8 cm³/mol. The number of aromatic nitrogens is 1. The lowest BCUT2D eigenvalue weighted by molar-refractivity contribution is -0.385. The molecule has 24 heavy (non-hydrogen) atoms. The minimum atomic E-state index is -0.564. The van der Waals surface area contributed by atoms with Crippen LogP contribution in [0.2, 0.25) is 0 Å². The van der Waals surface area contributed by atoms with Crippen molar-refractivity contribution in [2.75, 3.05) is 42.6 Å². The van der Waals surface area contributed by atoms with Crippen LogP contribution in [-0.2, 0) is 0 Å². The van der Waals surface area contributed by atoms with Crippen molar-refractivity contribution < 1.29 is 9.66 Å². The Hall–Kier alpha value is -2.97. The summed E-state index contributed by atoms with van der Waals surface area (Å²) in [7, 11) is 0. The van der Waals surface area contributed by atoms with Crippen molar-refractivity contribution in [3.05, 3.63) is 48.9 Å². The monoisotopic (exact) mass is 332 g/mol. The Labute approximate surface area is 136 Å². The van der Waals surface area contributed by atoms with E-state index in [0.717, 1.165) is 0 Å². The number of pyridine rings is 1. The summed E-state index contributed by atoms with van der Waals surface area (Å²) in [5, 5.41) is 10.7. The molecule has 1 saturated heterocycles. The first kappa shape index (κ1) is 15.9.